The molecule has 1 aromatic carbocycles. The second-order valence-corrected chi connectivity index (χ2v) is 11.6. The first-order valence-corrected chi connectivity index (χ1v) is 14.2. The molecule has 0 bridgehead atoms. The van der Waals surface area contributed by atoms with Crippen molar-refractivity contribution in [2.75, 3.05) is 33.3 Å². The number of amides is 1. The second kappa shape index (κ2) is 9.26. The summed E-state index contributed by atoms with van der Waals surface area (Å²) in [5.74, 6) is -1.07. The largest absolute Gasteiger partial charge is 0.494 e. The van der Waals surface area contributed by atoms with Crippen LogP contribution in [-0.2, 0) is 13.1 Å². The Bertz CT molecular complexity index is 1620. The van der Waals surface area contributed by atoms with Gasteiger partial charge in [0.05, 0.1) is 23.7 Å². The fourth-order valence-electron chi connectivity index (χ4n) is 6.67. The molecule has 0 radical (unpaired) electrons. The molecule has 3 aromatic heterocycles. The van der Waals surface area contributed by atoms with E-state index in [1.165, 1.54) is 12.8 Å². The van der Waals surface area contributed by atoms with Crippen LogP contribution in [-0.4, -0.2) is 69.1 Å². The molecule has 1 atom stereocenters. The number of aryl methyl sites for hydroxylation is 1. The monoisotopic (exact) mass is 548 g/mol. The molecule has 2 saturated heterocycles. The molecular formula is C30H34F2N6O2. The average Bonchev–Trinajstić information content (AvgIpc) is 3.38. The summed E-state index contributed by atoms with van der Waals surface area (Å²) in [7, 11) is 1.59. The number of carbonyl (C=O) groups is 1. The van der Waals surface area contributed by atoms with Crippen LogP contribution >= 0.6 is 0 Å². The number of imidazole rings is 1. The number of nitrogens with zero attached hydrogens (tertiary/aromatic N) is 5. The molecule has 8 nitrogen and oxygen atoms in total. The zero-order valence-electron chi connectivity index (χ0n) is 22.9. The first kappa shape index (κ1) is 25.4. The molecule has 7 rings (SSSR count). The van der Waals surface area contributed by atoms with Gasteiger partial charge in [-0.25, -0.2) is 18.7 Å². The van der Waals surface area contributed by atoms with E-state index >= 15 is 0 Å². The molecule has 0 unspecified atom stereocenters. The number of nitrogens with one attached hydrogen (secondary N) is 1. The summed E-state index contributed by atoms with van der Waals surface area (Å²) >= 11 is 0. The molecular weight excluding hydrogens is 514 g/mol. The van der Waals surface area contributed by atoms with Crippen molar-refractivity contribution in [1.29, 1.82) is 0 Å². The number of aromatic nitrogens is 4. The highest BCUT2D eigenvalue weighted by atomic mass is 19.3. The van der Waals surface area contributed by atoms with Gasteiger partial charge in [-0.15, -0.1) is 0 Å². The van der Waals surface area contributed by atoms with Crippen LogP contribution in [0.1, 0.15) is 43.0 Å². The van der Waals surface area contributed by atoms with E-state index in [4.69, 9.17) is 9.72 Å². The Hall–Kier alpha value is -3.53. The molecule has 5 heterocycles. The van der Waals surface area contributed by atoms with Crippen molar-refractivity contribution in [3.63, 3.8) is 0 Å². The van der Waals surface area contributed by atoms with Gasteiger partial charge in [0.2, 0.25) is 0 Å². The summed E-state index contributed by atoms with van der Waals surface area (Å²) in [6.45, 7) is 4.48. The predicted octanol–water partition coefficient (Wildman–Crippen LogP) is 4.95. The molecule has 210 valence electrons. The molecule has 1 saturated carbocycles. The number of halogens is 2. The number of methoxy groups -OCH3 is 1. The topological polar surface area (TPSA) is 77.2 Å². The Morgan fingerprint density at radius 2 is 2.05 bits per heavy atom. The van der Waals surface area contributed by atoms with Crippen LogP contribution < -0.4 is 10.1 Å². The highest BCUT2D eigenvalue weighted by Gasteiger charge is 2.58. The number of fused-ring (bicyclic) bond motifs is 2. The lowest BCUT2D eigenvalue weighted by Crippen LogP contribution is -2.55. The van der Waals surface area contributed by atoms with Gasteiger partial charge in [-0.05, 0) is 62.4 Å². The molecule has 10 heteroatoms. The van der Waals surface area contributed by atoms with E-state index in [0.29, 0.717) is 42.4 Å². The normalized spacial score (nSPS) is 22.6. The van der Waals surface area contributed by atoms with Gasteiger partial charge in [0, 0.05) is 62.8 Å². The summed E-state index contributed by atoms with van der Waals surface area (Å²) in [5, 5.41) is 4.18. The fraction of sp³-hybridized carbons (Fsp3) is 0.500. The Kier molecular flexibility index (Phi) is 5.89. The smallest absolute Gasteiger partial charge is 0.257 e. The van der Waals surface area contributed by atoms with Crippen LogP contribution in [0.2, 0.25) is 0 Å². The predicted molar refractivity (Wildman–Crippen MR) is 149 cm³/mol. The number of benzene rings is 1. The Balaban J connectivity index is 1.30. The van der Waals surface area contributed by atoms with Crippen LogP contribution in [0.3, 0.4) is 0 Å². The maximum atomic E-state index is 15.0. The quantitative estimate of drug-likeness (QED) is 0.369. The number of hydrogen-bond acceptors (Lipinski definition) is 5. The van der Waals surface area contributed by atoms with Crippen LogP contribution in [0.15, 0.2) is 36.5 Å². The van der Waals surface area contributed by atoms with Crippen molar-refractivity contribution in [3.05, 3.63) is 42.1 Å². The first-order chi connectivity index (χ1) is 19.3. The molecule has 1 aliphatic carbocycles. The molecule has 40 heavy (non-hydrogen) atoms. The van der Waals surface area contributed by atoms with Gasteiger partial charge in [-0.3, -0.25) is 4.79 Å². The van der Waals surface area contributed by atoms with Crippen molar-refractivity contribution in [1.82, 2.24) is 29.3 Å². The number of likely N-dealkylation sites (tertiary alicyclic amines) is 1. The highest BCUT2D eigenvalue weighted by Crippen LogP contribution is 2.48. The van der Waals surface area contributed by atoms with Crippen LogP contribution in [0.25, 0.3) is 33.6 Å². The number of rotatable bonds is 6. The van der Waals surface area contributed by atoms with Gasteiger partial charge in [-0.1, -0.05) is 0 Å². The van der Waals surface area contributed by atoms with E-state index in [2.05, 4.69) is 38.5 Å². The van der Waals surface area contributed by atoms with Gasteiger partial charge < -0.3 is 24.1 Å². The third kappa shape index (κ3) is 3.90. The van der Waals surface area contributed by atoms with Gasteiger partial charge in [-0.2, -0.15) is 0 Å². The molecule has 1 N–H and O–H groups in total. The molecule has 3 aliphatic rings. The minimum absolute atomic E-state index is 0.0368. The Morgan fingerprint density at radius 1 is 1.20 bits per heavy atom. The summed E-state index contributed by atoms with van der Waals surface area (Å²) in [6, 6.07) is 9.66. The van der Waals surface area contributed by atoms with E-state index < -0.39 is 11.3 Å². The molecule has 1 amide bonds. The standard InChI is InChI=1S/C30H34F2N6O2/c1-3-37-25-22(35-27(37)23-14-20-5-4-10-34-26(20)38(23)16-19-6-7-19)13-21(15-24(25)40-2)28(39)36-12-9-29(18-36)17-33-11-8-30(29,31)32/h4-5,10,13-15,19,33H,3,6-9,11-12,16-18H2,1-2H3/t29-/m0/s1. The fourth-order valence-corrected chi connectivity index (χ4v) is 6.67. The number of hydrogen-bond donors (Lipinski definition) is 1. The number of pyridine rings is 1. The van der Waals surface area contributed by atoms with Crippen molar-refractivity contribution in [2.24, 2.45) is 11.3 Å². The van der Waals surface area contributed by atoms with Crippen LogP contribution in [0, 0.1) is 11.3 Å². The van der Waals surface area contributed by atoms with Crippen molar-refractivity contribution >= 4 is 28.0 Å². The van der Waals surface area contributed by atoms with E-state index in [0.717, 1.165) is 34.6 Å². The number of piperidine rings is 1. The van der Waals surface area contributed by atoms with Crippen molar-refractivity contribution < 1.29 is 18.3 Å². The summed E-state index contributed by atoms with van der Waals surface area (Å²) in [6.07, 6.45) is 4.34. The zero-order valence-corrected chi connectivity index (χ0v) is 22.9. The van der Waals surface area contributed by atoms with Gasteiger partial charge >= 0.3 is 0 Å². The van der Waals surface area contributed by atoms with E-state index in [9.17, 15) is 13.6 Å². The summed E-state index contributed by atoms with van der Waals surface area (Å²) in [5.41, 5.74) is 2.58. The molecule has 2 aliphatic heterocycles. The maximum Gasteiger partial charge on any atom is 0.257 e. The molecule has 4 aromatic rings. The minimum Gasteiger partial charge on any atom is -0.494 e. The highest BCUT2D eigenvalue weighted by molar-refractivity contribution is 6.00. The minimum atomic E-state index is -2.79. The maximum absolute atomic E-state index is 15.0. The van der Waals surface area contributed by atoms with Gasteiger partial charge in [0.1, 0.15) is 16.9 Å². The van der Waals surface area contributed by atoms with Gasteiger partial charge in [0.25, 0.3) is 11.8 Å². The van der Waals surface area contributed by atoms with E-state index in [1.807, 2.05) is 12.3 Å². The Labute approximate surface area is 231 Å². The number of ether oxygens (including phenoxy) is 1. The lowest BCUT2D eigenvalue weighted by atomic mass is 9.76. The summed E-state index contributed by atoms with van der Waals surface area (Å²) in [4.78, 5) is 25.0. The lowest BCUT2D eigenvalue weighted by Gasteiger charge is -2.41. The molecule has 1 spiro atoms. The lowest BCUT2D eigenvalue weighted by molar-refractivity contribution is -0.134. The molecule has 3 fully saturated rings. The summed E-state index contributed by atoms with van der Waals surface area (Å²) < 4.78 is 40.1. The zero-order chi connectivity index (χ0) is 27.6. The average molecular weight is 549 g/mol. The van der Waals surface area contributed by atoms with E-state index in [-0.39, 0.29) is 31.8 Å². The van der Waals surface area contributed by atoms with Gasteiger partial charge in [0.15, 0.2) is 5.82 Å². The van der Waals surface area contributed by atoms with Crippen molar-refractivity contribution in [2.45, 2.75) is 51.6 Å². The number of carbonyl (C=O) groups excluding carboxylic acids is 1. The van der Waals surface area contributed by atoms with E-state index in [1.54, 1.807) is 24.1 Å². The third-order valence-corrected chi connectivity index (χ3v) is 9.11. The SMILES string of the molecule is CCn1c(-c2cc3cccnc3n2CC2CC2)nc2cc(C(=O)N3CC[C@]4(CNCCC4(F)F)C3)cc(OC)c21. The Morgan fingerprint density at radius 3 is 2.80 bits per heavy atom. The number of alkyl halides is 2. The van der Waals surface area contributed by atoms with Crippen LogP contribution in [0.4, 0.5) is 8.78 Å². The second-order valence-electron chi connectivity index (χ2n) is 11.6. The van der Waals surface area contributed by atoms with Crippen LogP contribution in [0.5, 0.6) is 5.75 Å². The third-order valence-electron chi connectivity index (χ3n) is 9.11. The first-order valence-electron chi connectivity index (χ1n) is 14.2. The van der Waals surface area contributed by atoms with Crippen molar-refractivity contribution in [3.8, 4) is 17.3 Å².